The average Bonchev–Trinajstić information content (AvgIpc) is 2.56. The van der Waals surface area contributed by atoms with Gasteiger partial charge >= 0.3 is 5.97 Å². The molecule has 1 amide bonds. The Labute approximate surface area is 138 Å². The number of methoxy groups -OCH3 is 1. The summed E-state index contributed by atoms with van der Waals surface area (Å²) in [6.07, 6.45) is 0.305. The third-order valence-electron chi connectivity index (χ3n) is 3.16. The van der Waals surface area contributed by atoms with E-state index in [1.807, 2.05) is 0 Å². The fourth-order valence-corrected chi connectivity index (χ4v) is 1.85. The summed E-state index contributed by atoms with van der Waals surface area (Å²) < 4.78 is 23.0. The van der Waals surface area contributed by atoms with Crippen LogP contribution in [0.1, 0.15) is 30.1 Å². The van der Waals surface area contributed by atoms with Crippen LogP contribution in [0.3, 0.4) is 0 Å². The Kier molecular flexibility index (Phi) is 7.67. The molecule has 0 aromatic heterocycles. The van der Waals surface area contributed by atoms with Gasteiger partial charge in [0.25, 0.3) is 0 Å². The van der Waals surface area contributed by atoms with Crippen molar-refractivity contribution in [2.45, 2.75) is 25.8 Å². The number of alkyl halides is 1. The van der Waals surface area contributed by atoms with Crippen LogP contribution in [0.5, 0.6) is 11.5 Å². The van der Waals surface area contributed by atoms with Crippen LogP contribution < -0.4 is 14.8 Å². The van der Waals surface area contributed by atoms with Crippen LogP contribution in [0.4, 0.5) is 4.39 Å². The van der Waals surface area contributed by atoms with Gasteiger partial charge in [0.15, 0.2) is 23.3 Å². The maximum absolute atomic E-state index is 12.4. The highest BCUT2D eigenvalue weighted by Crippen LogP contribution is 2.28. The van der Waals surface area contributed by atoms with Crippen molar-refractivity contribution in [1.29, 1.82) is 0 Å². The summed E-state index contributed by atoms with van der Waals surface area (Å²) in [6.45, 7) is 0.448. The number of amides is 1. The molecule has 1 aromatic rings. The van der Waals surface area contributed by atoms with Crippen molar-refractivity contribution in [3.8, 4) is 11.5 Å². The number of rotatable bonds is 10. The van der Waals surface area contributed by atoms with Crippen LogP contribution in [-0.2, 0) is 9.59 Å². The first kappa shape index (κ1) is 19.4. The minimum atomic E-state index is -1.53. The lowest BCUT2D eigenvalue weighted by molar-refractivity contribution is -0.142. The molecule has 132 valence electrons. The number of hydrogen-bond acceptors (Lipinski definition) is 5. The van der Waals surface area contributed by atoms with Crippen LogP contribution in [-0.4, -0.2) is 49.2 Å². The summed E-state index contributed by atoms with van der Waals surface area (Å²) >= 11 is 0. The number of carboxylic acid groups (broad SMARTS) is 1. The second-order valence-electron chi connectivity index (χ2n) is 4.99. The Balaban J connectivity index is 2.46. The van der Waals surface area contributed by atoms with E-state index < -0.39 is 24.6 Å². The van der Waals surface area contributed by atoms with Crippen molar-refractivity contribution in [2.24, 2.45) is 0 Å². The molecule has 2 N–H and O–H groups in total. The third kappa shape index (κ3) is 5.86. The molecule has 1 unspecified atom stereocenters. The summed E-state index contributed by atoms with van der Waals surface area (Å²) in [7, 11) is 1.45. The zero-order valence-corrected chi connectivity index (χ0v) is 13.5. The van der Waals surface area contributed by atoms with Crippen LogP contribution in [0, 0.1) is 0 Å². The fraction of sp³-hybridized carbons (Fsp3) is 0.438. The van der Waals surface area contributed by atoms with Gasteiger partial charge in [-0.1, -0.05) is 0 Å². The first-order chi connectivity index (χ1) is 11.4. The molecule has 0 saturated heterocycles. The molecule has 0 aliphatic rings. The lowest BCUT2D eigenvalue weighted by Gasteiger charge is -2.12. The van der Waals surface area contributed by atoms with Gasteiger partial charge in [-0.15, -0.1) is 0 Å². The number of ether oxygens (including phenoxy) is 2. The number of nitrogens with one attached hydrogen (secondary N) is 1. The number of carbonyl (C=O) groups excluding carboxylic acids is 2. The zero-order chi connectivity index (χ0) is 18.1. The van der Waals surface area contributed by atoms with Crippen LogP contribution in [0.2, 0.25) is 0 Å². The maximum atomic E-state index is 12.4. The Morgan fingerprint density at radius 1 is 1.29 bits per heavy atom. The molecule has 0 bridgehead atoms. The SMILES string of the molecule is COc1cc(C(C)=O)ccc1OCCCC(=O)NC(CF)C(=O)O. The average molecular weight is 341 g/mol. The van der Waals surface area contributed by atoms with Crippen molar-refractivity contribution in [3.63, 3.8) is 0 Å². The number of halogens is 1. The van der Waals surface area contributed by atoms with E-state index in [2.05, 4.69) is 5.32 Å². The second-order valence-corrected chi connectivity index (χ2v) is 4.99. The quantitative estimate of drug-likeness (QED) is 0.495. The Morgan fingerprint density at radius 3 is 2.54 bits per heavy atom. The summed E-state index contributed by atoms with van der Waals surface area (Å²) in [4.78, 5) is 33.4. The summed E-state index contributed by atoms with van der Waals surface area (Å²) in [5, 5.41) is 10.7. The van der Waals surface area contributed by atoms with Crippen molar-refractivity contribution in [1.82, 2.24) is 5.32 Å². The Morgan fingerprint density at radius 2 is 2.00 bits per heavy atom. The molecular formula is C16H20FNO6. The Hall–Kier alpha value is -2.64. The highest BCUT2D eigenvalue weighted by molar-refractivity contribution is 5.94. The Bertz CT molecular complexity index is 604. The number of benzene rings is 1. The van der Waals surface area contributed by atoms with E-state index in [4.69, 9.17) is 14.6 Å². The number of ketones is 1. The third-order valence-corrected chi connectivity index (χ3v) is 3.16. The van der Waals surface area contributed by atoms with E-state index >= 15 is 0 Å². The van der Waals surface area contributed by atoms with E-state index in [0.29, 0.717) is 23.5 Å². The number of Topliss-reactive ketones (excluding diaryl/α,β-unsaturated/α-hetero) is 1. The highest BCUT2D eigenvalue weighted by Gasteiger charge is 2.19. The minimum Gasteiger partial charge on any atom is -0.493 e. The molecule has 0 spiro atoms. The number of aliphatic carboxylic acids is 1. The largest absolute Gasteiger partial charge is 0.493 e. The summed E-state index contributed by atoms with van der Waals surface area (Å²) in [5.41, 5.74) is 0.490. The van der Waals surface area contributed by atoms with Gasteiger partial charge < -0.3 is 19.9 Å². The molecule has 1 atom stereocenters. The predicted octanol–water partition coefficient (Wildman–Crippen LogP) is 1.60. The van der Waals surface area contributed by atoms with Gasteiger partial charge in [-0.3, -0.25) is 9.59 Å². The van der Waals surface area contributed by atoms with Crippen molar-refractivity contribution in [3.05, 3.63) is 23.8 Å². The first-order valence-corrected chi connectivity index (χ1v) is 7.29. The first-order valence-electron chi connectivity index (χ1n) is 7.29. The molecule has 0 radical (unpaired) electrons. The lowest BCUT2D eigenvalue weighted by Crippen LogP contribution is -2.42. The standard InChI is InChI=1S/C16H20FNO6/c1-10(19)11-5-6-13(14(8-11)23-2)24-7-3-4-15(20)18-12(9-17)16(21)22/h5-6,8,12H,3-4,7,9H2,1-2H3,(H,18,20)(H,21,22). The smallest absolute Gasteiger partial charge is 0.328 e. The minimum absolute atomic E-state index is 0.00236. The van der Waals surface area contributed by atoms with E-state index in [1.54, 1.807) is 18.2 Å². The van der Waals surface area contributed by atoms with E-state index in [0.717, 1.165) is 0 Å². The molecule has 7 nitrogen and oxygen atoms in total. The van der Waals surface area contributed by atoms with Gasteiger partial charge in [0.1, 0.15) is 6.67 Å². The molecule has 0 saturated carbocycles. The van der Waals surface area contributed by atoms with Gasteiger partial charge in [0.2, 0.25) is 5.91 Å². The van der Waals surface area contributed by atoms with Gasteiger partial charge in [-0.2, -0.15) is 0 Å². The summed E-state index contributed by atoms with van der Waals surface area (Å²) in [5.74, 6) is -1.26. The van der Waals surface area contributed by atoms with Crippen LogP contribution in [0.25, 0.3) is 0 Å². The zero-order valence-electron chi connectivity index (χ0n) is 13.5. The van der Waals surface area contributed by atoms with Gasteiger partial charge in [0.05, 0.1) is 13.7 Å². The number of carbonyl (C=O) groups is 3. The molecule has 1 aromatic carbocycles. The van der Waals surface area contributed by atoms with Gasteiger partial charge in [-0.05, 0) is 31.5 Å². The number of hydrogen-bond donors (Lipinski definition) is 2. The van der Waals surface area contributed by atoms with Crippen molar-refractivity contribution >= 4 is 17.7 Å². The topological polar surface area (TPSA) is 102 Å². The molecule has 0 aliphatic heterocycles. The molecule has 0 fully saturated rings. The second kappa shape index (κ2) is 9.49. The maximum Gasteiger partial charge on any atom is 0.328 e. The van der Waals surface area contributed by atoms with E-state index in [9.17, 15) is 18.8 Å². The highest BCUT2D eigenvalue weighted by atomic mass is 19.1. The molecule has 8 heteroatoms. The van der Waals surface area contributed by atoms with Crippen molar-refractivity contribution in [2.75, 3.05) is 20.4 Å². The van der Waals surface area contributed by atoms with Crippen LogP contribution >= 0.6 is 0 Å². The van der Waals surface area contributed by atoms with E-state index in [-0.39, 0.29) is 18.8 Å². The molecular weight excluding hydrogens is 321 g/mol. The molecule has 1 rings (SSSR count). The number of carboxylic acids is 1. The van der Waals surface area contributed by atoms with Gasteiger partial charge in [-0.25, -0.2) is 9.18 Å². The predicted molar refractivity (Wildman–Crippen MR) is 83.3 cm³/mol. The monoisotopic (exact) mass is 341 g/mol. The van der Waals surface area contributed by atoms with Crippen molar-refractivity contribution < 1.29 is 33.4 Å². The van der Waals surface area contributed by atoms with Crippen LogP contribution in [0.15, 0.2) is 18.2 Å². The van der Waals surface area contributed by atoms with Gasteiger partial charge in [0, 0.05) is 12.0 Å². The molecule has 0 heterocycles. The fourth-order valence-electron chi connectivity index (χ4n) is 1.85. The molecule has 0 aliphatic carbocycles. The normalized spacial score (nSPS) is 11.5. The lowest BCUT2D eigenvalue weighted by atomic mass is 10.1. The summed E-state index contributed by atoms with van der Waals surface area (Å²) in [6, 6.07) is 3.23. The van der Waals surface area contributed by atoms with E-state index in [1.165, 1.54) is 14.0 Å². The molecule has 24 heavy (non-hydrogen) atoms.